The quantitative estimate of drug-likeness (QED) is 0.554. The molecule has 0 bridgehead atoms. The zero-order valence-corrected chi connectivity index (χ0v) is 18.3. The van der Waals surface area contributed by atoms with Crippen molar-refractivity contribution in [1.29, 1.82) is 0 Å². The zero-order valence-electron chi connectivity index (χ0n) is 16.8. The van der Waals surface area contributed by atoms with Crippen LogP contribution in [-0.2, 0) is 19.1 Å². The van der Waals surface area contributed by atoms with Crippen molar-refractivity contribution in [3.05, 3.63) is 69.7 Å². The fourth-order valence-electron chi connectivity index (χ4n) is 4.81. The monoisotopic (exact) mass is 448 g/mol. The number of carbonyl (C=O) groups is 2. The van der Waals surface area contributed by atoms with Crippen molar-refractivity contribution in [3.63, 3.8) is 0 Å². The van der Waals surface area contributed by atoms with E-state index in [1.807, 2.05) is 42.2 Å². The van der Waals surface area contributed by atoms with Gasteiger partial charge in [-0.15, -0.1) is 0 Å². The van der Waals surface area contributed by atoms with Crippen molar-refractivity contribution in [2.24, 2.45) is 0 Å². The molecule has 158 valence electrons. The Labute approximate surface area is 185 Å². The van der Waals surface area contributed by atoms with Crippen LogP contribution in [0.3, 0.4) is 0 Å². The summed E-state index contributed by atoms with van der Waals surface area (Å²) >= 11 is 13.1. The summed E-state index contributed by atoms with van der Waals surface area (Å²) in [5.74, 6) is -2.95. The Balaban J connectivity index is 1.99. The third kappa shape index (κ3) is 2.86. The number of fused-ring (bicyclic) bond motifs is 1. The van der Waals surface area contributed by atoms with Crippen molar-refractivity contribution >= 4 is 35.1 Å². The van der Waals surface area contributed by atoms with E-state index in [0.717, 1.165) is 0 Å². The average molecular weight is 449 g/mol. The Morgan fingerprint density at radius 1 is 1.13 bits per heavy atom. The Kier molecular flexibility index (Phi) is 5.31. The highest BCUT2D eigenvalue weighted by Gasteiger charge is 2.82. The van der Waals surface area contributed by atoms with Gasteiger partial charge in [0.25, 0.3) is 0 Å². The normalized spacial score (nSPS) is 32.2. The van der Waals surface area contributed by atoms with Crippen LogP contribution in [0.5, 0.6) is 0 Å². The molecule has 0 radical (unpaired) electrons. The molecule has 0 aliphatic carbocycles. The molecule has 0 aromatic heterocycles. The van der Waals surface area contributed by atoms with E-state index in [1.54, 1.807) is 25.1 Å². The second-order valence-electron chi connectivity index (χ2n) is 7.47. The number of nitrogens with one attached hydrogen (secondary N) is 1. The molecule has 5 atom stereocenters. The van der Waals surface area contributed by atoms with Gasteiger partial charge in [-0.25, -0.2) is 9.69 Å². The van der Waals surface area contributed by atoms with Gasteiger partial charge in [0, 0.05) is 22.2 Å². The maximum Gasteiger partial charge on any atom is 0.329 e. The number of carbonyl (C=O) groups excluding carboxylic acids is 2. The van der Waals surface area contributed by atoms with E-state index < -0.39 is 29.3 Å². The lowest BCUT2D eigenvalue weighted by atomic mass is 9.79. The first kappa shape index (κ1) is 21.1. The second kappa shape index (κ2) is 7.54. The predicted molar refractivity (Wildman–Crippen MR) is 113 cm³/mol. The summed E-state index contributed by atoms with van der Waals surface area (Å²) in [5, 5.41) is 3.76. The minimum absolute atomic E-state index is 0.323. The van der Waals surface area contributed by atoms with Gasteiger partial charge in [-0.3, -0.25) is 4.79 Å². The number of halogens is 2. The third-order valence-electron chi connectivity index (χ3n) is 5.87. The van der Waals surface area contributed by atoms with Crippen LogP contribution in [-0.4, -0.2) is 41.9 Å². The smallest absolute Gasteiger partial charge is 0.329 e. The van der Waals surface area contributed by atoms with E-state index in [4.69, 9.17) is 32.7 Å². The summed E-state index contributed by atoms with van der Waals surface area (Å²) in [6.45, 7) is 3.86. The summed E-state index contributed by atoms with van der Waals surface area (Å²) in [6.07, 6.45) is 0. The van der Waals surface area contributed by atoms with Gasteiger partial charge in [0.2, 0.25) is 5.91 Å². The number of nitrogens with zero attached hydrogens (tertiary/aromatic N) is 1. The van der Waals surface area contributed by atoms with Crippen molar-refractivity contribution in [3.8, 4) is 0 Å². The number of ether oxygens (including phenoxy) is 2. The molecule has 0 saturated carbocycles. The summed E-state index contributed by atoms with van der Waals surface area (Å²) in [5.41, 5.74) is -0.0963. The number of amides is 1. The molecule has 0 spiro atoms. The molecule has 4 rings (SSSR count). The van der Waals surface area contributed by atoms with Crippen LogP contribution in [0.1, 0.15) is 36.9 Å². The third-order valence-corrected chi connectivity index (χ3v) is 6.53. The first-order valence-electron chi connectivity index (χ1n) is 9.65. The number of benzene rings is 2. The lowest BCUT2D eigenvalue weighted by Gasteiger charge is -2.41. The maximum atomic E-state index is 13.4. The minimum atomic E-state index is -1.35. The Morgan fingerprint density at radius 2 is 1.77 bits per heavy atom. The molecule has 1 N–H and O–H groups in total. The van der Waals surface area contributed by atoms with Gasteiger partial charge in [-0.05, 0) is 31.5 Å². The second-order valence-corrected chi connectivity index (χ2v) is 8.29. The number of methoxy groups -OCH3 is 1. The van der Waals surface area contributed by atoms with Crippen LogP contribution in [0.2, 0.25) is 10.0 Å². The Hall–Kier alpha value is -2.12. The number of hydrogen-bond acceptors (Lipinski definition) is 5. The Bertz CT molecular complexity index is 982. The molecule has 2 aliphatic heterocycles. The molecule has 8 heteroatoms. The van der Waals surface area contributed by atoms with Gasteiger partial charge < -0.3 is 14.8 Å². The molecule has 2 aromatic carbocycles. The fourth-order valence-corrected chi connectivity index (χ4v) is 5.42. The first-order valence-corrected chi connectivity index (χ1v) is 10.4. The fraction of sp³-hybridized carbons (Fsp3) is 0.364. The standard InChI is InChI=1S/C22H22Cl2N2O4/c1-4-30-21(2)25-19(27)17(13-9-6-5-7-10-13)22(20(28)29-3)18(26(21)22)16-14(23)11-8-12-15(16)24/h5-12,17-18H,4H2,1-3H3,(H,25,27)/t17-,18+,21-,22+,26?/m0/s1. The molecule has 2 aliphatic rings. The topological polar surface area (TPSA) is 67.6 Å². The largest absolute Gasteiger partial charge is 0.468 e. The molecule has 1 unspecified atom stereocenters. The number of rotatable bonds is 5. The van der Waals surface area contributed by atoms with Crippen molar-refractivity contribution in [2.75, 3.05) is 13.7 Å². The van der Waals surface area contributed by atoms with Crippen LogP contribution in [0.25, 0.3) is 0 Å². The minimum Gasteiger partial charge on any atom is -0.468 e. The molecule has 2 aromatic rings. The number of esters is 1. The van der Waals surface area contributed by atoms with Crippen molar-refractivity contribution in [1.82, 2.24) is 10.2 Å². The van der Waals surface area contributed by atoms with Gasteiger partial charge in [0.1, 0.15) is 0 Å². The van der Waals surface area contributed by atoms with Gasteiger partial charge in [-0.2, -0.15) is 0 Å². The van der Waals surface area contributed by atoms with E-state index in [2.05, 4.69) is 5.32 Å². The van der Waals surface area contributed by atoms with Gasteiger partial charge in [-0.1, -0.05) is 59.6 Å². The summed E-state index contributed by atoms with van der Waals surface area (Å²) < 4.78 is 11.2. The molecule has 2 heterocycles. The SMILES string of the molecule is CCO[C@@]1(C)NC(=O)[C@H](c2ccccc2)[C@]2(C(=O)OC)[C@@H](c3c(Cl)cccc3Cl)N21. The van der Waals surface area contributed by atoms with Gasteiger partial charge >= 0.3 is 5.97 Å². The van der Waals surface area contributed by atoms with Crippen molar-refractivity contribution < 1.29 is 19.1 Å². The molecular weight excluding hydrogens is 427 g/mol. The molecule has 2 saturated heterocycles. The van der Waals surface area contributed by atoms with Crippen LogP contribution in [0.15, 0.2) is 48.5 Å². The van der Waals surface area contributed by atoms with Crippen molar-refractivity contribution in [2.45, 2.75) is 37.2 Å². The lowest BCUT2D eigenvalue weighted by Crippen LogP contribution is -2.65. The van der Waals surface area contributed by atoms with E-state index in [9.17, 15) is 9.59 Å². The average Bonchev–Trinajstić information content (AvgIpc) is 3.39. The molecule has 1 amide bonds. The molecule has 2 fully saturated rings. The highest BCUT2D eigenvalue weighted by atomic mass is 35.5. The highest BCUT2D eigenvalue weighted by molar-refractivity contribution is 6.36. The van der Waals surface area contributed by atoms with E-state index in [1.165, 1.54) is 7.11 Å². The van der Waals surface area contributed by atoms with Crippen LogP contribution in [0, 0.1) is 0 Å². The van der Waals surface area contributed by atoms with E-state index >= 15 is 0 Å². The molecule has 30 heavy (non-hydrogen) atoms. The molecular formula is C22H22Cl2N2O4. The first-order chi connectivity index (χ1) is 14.3. The summed E-state index contributed by atoms with van der Waals surface area (Å²) in [6, 6.07) is 13.7. The van der Waals surface area contributed by atoms with Crippen LogP contribution >= 0.6 is 23.2 Å². The maximum absolute atomic E-state index is 13.4. The van der Waals surface area contributed by atoms with E-state index in [-0.39, 0.29) is 5.91 Å². The van der Waals surface area contributed by atoms with Crippen LogP contribution in [0.4, 0.5) is 0 Å². The predicted octanol–water partition coefficient (Wildman–Crippen LogP) is 3.89. The summed E-state index contributed by atoms with van der Waals surface area (Å²) in [4.78, 5) is 28.6. The summed E-state index contributed by atoms with van der Waals surface area (Å²) in [7, 11) is 1.31. The number of hydrogen-bond donors (Lipinski definition) is 1. The van der Waals surface area contributed by atoms with E-state index in [0.29, 0.717) is 27.8 Å². The van der Waals surface area contributed by atoms with Gasteiger partial charge in [0.15, 0.2) is 11.4 Å². The highest BCUT2D eigenvalue weighted by Crippen LogP contribution is 2.67. The Morgan fingerprint density at radius 3 is 2.33 bits per heavy atom. The van der Waals surface area contributed by atoms with Gasteiger partial charge in [0.05, 0.1) is 19.1 Å². The molecule has 6 nitrogen and oxygen atoms in total. The lowest BCUT2D eigenvalue weighted by molar-refractivity contribution is -0.178. The zero-order chi connectivity index (χ0) is 21.7. The van der Waals surface area contributed by atoms with Crippen LogP contribution < -0.4 is 5.32 Å².